The first-order chi connectivity index (χ1) is 4.24. The Hall–Kier alpha value is 0.412. The molecule has 0 aromatic heterocycles. The fraction of sp³-hybridized carbons (Fsp3) is 1.00. The molecule has 0 aromatic rings. The van der Waals surface area contributed by atoms with Gasteiger partial charge in [-0.05, 0) is 20.8 Å². The third-order valence-electron chi connectivity index (χ3n) is 0. The van der Waals surface area contributed by atoms with Crippen molar-refractivity contribution in [3.8, 4) is 0 Å². The molecule has 0 fully saturated rings. The zero-order valence-electron chi connectivity index (χ0n) is 6.87. The average molecular weight is 190 g/mol. The Kier molecular flexibility index (Phi) is 128. The fourth-order valence-electron chi connectivity index (χ4n) is 0. The van der Waals surface area contributed by atoms with Gasteiger partial charge in [-0.25, -0.2) is 0 Å². The smallest absolute Gasteiger partial charge is 0.0402 e. The SMILES string of the molecule is CCO.CCO.CCO.[Cr]. The van der Waals surface area contributed by atoms with Gasteiger partial charge >= 0.3 is 0 Å². The Morgan fingerprint density at radius 1 is 0.700 bits per heavy atom. The van der Waals surface area contributed by atoms with Gasteiger partial charge in [-0.1, -0.05) is 0 Å². The molecule has 0 atom stereocenters. The van der Waals surface area contributed by atoms with Gasteiger partial charge < -0.3 is 15.3 Å². The van der Waals surface area contributed by atoms with Crippen molar-refractivity contribution in [2.45, 2.75) is 20.8 Å². The molecule has 0 heterocycles. The van der Waals surface area contributed by atoms with Gasteiger partial charge in [0.15, 0.2) is 0 Å². The summed E-state index contributed by atoms with van der Waals surface area (Å²) in [5.41, 5.74) is 0. The molecule has 0 saturated carbocycles. The van der Waals surface area contributed by atoms with Crippen LogP contribution >= 0.6 is 0 Å². The van der Waals surface area contributed by atoms with E-state index in [4.69, 9.17) is 15.3 Å². The summed E-state index contributed by atoms with van der Waals surface area (Å²) in [6, 6.07) is 0. The van der Waals surface area contributed by atoms with Gasteiger partial charge in [-0.2, -0.15) is 0 Å². The molecule has 0 aliphatic rings. The van der Waals surface area contributed by atoms with Gasteiger partial charge in [-0.15, -0.1) is 0 Å². The predicted molar refractivity (Wildman–Crippen MR) is 38.3 cm³/mol. The Balaban J connectivity index is -0.0000000257. The quantitative estimate of drug-likeness (QED) is 0.503. The van der Waals surface area contributed by atoms with Crippen LogP contribution in [0, 0.1) is 0 Å². The van der Waals surface area contributed by atoms with Crippen LogP contribution in [0.5, 0.6) is 0 Å². The first-order valence-electron chi connectivity index (χ1n) is 3.07. The van der Waals surface area contributed by atoms with Crippen molar-refractivity contribution >= 4 is 0 Å². The van der Waals surface area contributed by atoms with E-state index in [2.05, 4.69) is 0 Å². The molecule has 0 aliphatic carbocycles. The molecule has 3 N–H and O–H groups in total. The van der Waals surface area contributed by atoms with Gasteiger partial charge in [-0.3, -0.25) is 0 Å². The summed E-state index contributed by atoms with van der Waals surface area (Å²) in [5.74, 6) is 0. The third-order valence-corrected chi connectivity index (χ3v) is 0. The molecule has 0 amide bonds. The summed E-state index contributed by atoms with van der Waals surface area (Å²) < 4.78 is 0. The number of aliphatic hydroxyl groups is 3. The van der Waals surface area contributed by atoms with Crippen LogP contribution in [-0.2, 0) is 17.4 Å². The predicted octanol–water partition coefficient (Wildman–Crippen LogP) is -0.00670. The topological polar surface area (TPSA) is 60.7 Å². The van der Waals surface area contributed by atoms with Gasteiger partial charge in [0.25, 0.3) is 0 Å². The number of rotatable bonds is 0. The average Bonchev–Trinajstić information content (AvgIpc) is 1.70. The maximum absolute atomic E-state index is 7.57. The van der Waals surface area contributed by atoms with Gasteiger partial charge in [0.2, 0.25) is 0 Å². The third kappa shape index (κ3) is 2720. The van der Waals surface area contributed by atoms with Crippen LogP contribution in [0.2, 0.25) is 0 Å². The Labute approximate surface area is 73.8 Å². The molecule has 3 nitrogen and oxygen atoms in total. The standard InChI is InChI=1S/3C2H6O.Cr/c3*1-2-3;/h3*3H,2H2,1H3;. The minimum Gasteiger partial charge on any atom is -0.397 e. The van der Waals surface area contributed by atoms with Crippen molar-refractivity contribution in [3.05, 3.63) is 0 Å². The van der Waals surface area contributed by atoms with Crippen LogP contribution in [0.1, 0.15) is 20.8 Å². The molecule has 66 valence electrons. The Morgan fingerprint density at radius 3 is 0.700 bits per heavy atom. The first kappa shape index (κ1) is 22.4. The second-order valence-electron chi connectivity index (χ2n) is 0.949. The second-order valence-corrected chi connectivity index (χ2v) is 0.949. The monoisotopic (exact) mass is 190 g/mol. The van der Waals surface area contributed by atoms with Crippen LogP contribution in [0.4, 0.5) is 0 Å². The molecular weight excluding hydrogens is 172 g/mol. The van der Waals surface area contributed by atoms with E-state index in [0.29, 0.717) is 0 Å². The van der Waals surface area contributed by atoms with Crippen molar-refractivity contribution in [2.75, 3.05) is 19.8 Å². The van der Waals surface area contributed by atoms with Crippen LogP contribution in [0.25, 0.3) is 0 Å². The summed E-state index contributed by atoms with van der Waals surface area (Å²) in [6.07, 6.45) is 0. The van der Waals surface area contributed by atoms with Crippen LogP contribution in [-0.4, -0.2) is 35.1 Å². The van der Waals surface area contributed by atoms with Crippen molar-refractivity contribution in [1.29, 1.82) is 0 Å². The van der Waals surface area contributed by atoms with E-state index < -0.39 is 0 Å². The normalized spacial score (nSPS) is 5.40. The minimum absolute atomic E-state index is 0. The molecule has 0 unspecified atom stereocenters. The summed E-state index contributed by atoms with van der Waals surface area (Å²) in [6.45, 7) is 5.79. The van der Waals surface area contributed by atoms with E-state index in [1.54, 1.807) is 20.8 Å². The molecule has 0 radical (unpaired) electrons. The van der Waals surface area contributed by atoms with E-state index in [9.17, 15) is 0 Å². The van der Waals surface area contributed by atoms with Crippen molar-refractivity contribution in [3.63, 3.8) is 0 Å². The van der Waals surface area contributed by atoms with Crippen molar-refractivity contribution in [1.82, 2.24) is 0 Å². The second kappa shape index (κ2) is 57.2. The maximum Gasteiger partial charge on any atom is 0.0402 e. The summed E-state index contributed by atoms with van der Waals surface area (Å²) in [4.78, 5) is 0. The van der Waals surface area contributed by atoms with E-state index in [1.807, 2.05) is 0 Å². The van der Waals surface area contributed by atoms with Gasteiger partial charge in [0, 0.05) is 37.2 Å². The van der Waals surface area contributed by atoms with Crippen LogP contribution < -0.4 is 0 Å². The first-order valence-corrected chi connectivity index (χ1v) is 3.07. The van der Waals surface area contributed by atoms with E-state index >= 15 is 0 Å². The van der Waals surface area contributed by atoms with Crippen LogP contribution in [0.3, 0.4) is 0 Å². The number of aliphatic hydroxyl groups excluding tert-OH is 3. The Morgan fingerprint density at radius 2 is 0.700 bits per heavy atom. The number of hydrogen-bond acceptors (Lipinski definition) is 3. The molecule has 0 saturated heterocycles. The minimum atomic E-state index is 0. The molecule has 0 aromatic carbocycles. The van der Waals surface area contributed by atoms with Gasteiger partial charge in [0.05, 0.1) is 0 Å². The van der Waals surface area contributed by atoms with Crippen molar-refractivity contribution < 1.29 is 32.7 Å². The van der Waals surface area contributed by atoms with Gasteiger partial charge in [0.1, 0.15) is 0 Å². The van der Waals surface area contributed by atoms with Crippen molar-refractivity contribution in [2.24, 2.45) is 0 Å². The Bertz CT molecular complexity index is 17.7. The van der Waals surface area contributed by atoms with E-state index in [-0.39, 0.29) is 37.2 Å². The maximum atomic E-state index is 7.57. The molecule has 0 bridgehead atoms. The molecule has 4 heteroatoms. The summed E-state index contributed by atoms with van der Waals surface area (Å²) in [7, 11) is 0. The number of hydrogen-bond donors (Lipinski definition) is 3. The molecule has 10 heavy (non-hydrogen) atoms. The zero-order chi connectivity index (χ0) is 8.12. The summed E-state index contributed by atoms with van der Waals surface area (Å²) in [5, 5.41) is 22.7. The zero-order valence-corrected chi connectivity index (χ0v) is 8.15. The molecule has 0 rings (SSSR count). The molecule has 0 aliphatic heterocycles. The van der Waals surface area contributed by atoms with Crippen LogP contribution in [0.15, 0.2) is 0 Å². The molecular formula is C6H18CrO3. The largest absolute Gasteiger partial charge is 0.397 e. The van der Waals surface area contributed by atoms with E-state index in [1.165, 1.54) is 0 Å². The molecule has 0 spiro atoms. The summed E-state index contributed by atoms with van der Waals surface area (Å²) >= 11 is 0. The van der Waals surface area contributed by atoms with E-state index in [0.717, 1.165) is 0 Å². The fourth-order valence-corrected chi connectivity index (χ4v) is 0.